The van der Waals surface area contributed by atoms with Gasteiger partial charge >= 0.3 is 0 Å². The van der Waals surface area contributed by atoms with Crippen LogP contribution in [0, 0.1) is 0 Å². The Morgan fingerprint density at radius 2 is 1.88 bits per heavy atom. The van der Waals surface area contributed by atoms with Crippen molar-refractivity contribution in [2.75, 3.05) is 41.5 Å². The van der Waals surface area contributed by atoms with Crippen LogP contribution >= 0.6 is 0 Å². The fourth-order valence-electron chi connectivity index (χ4n) is 3.42. The first kappa shape index (κ1) is 24.2. The van der Waals surface area contributed by atoms with Crippen LogP contribution in [-0.4, -0.2) is 57.3 Å². The second kappa shape index (κ2) is 10.5. The topological polar surface area (TPSA) is 119 Å². The second-order valence-corrected chi connectivity index (χ2v) is 9.51. The Bertz CT molecular complexity index is 1160. The average molecular weight is 475 g/mol. The minimum Gasteiger partial charge on any atom is -0.492 e. The molecule has 1 aliphatic rings. The number of sulfone groups is 1. The van der Waals surface area contributed by atoms with Crippen LogP contribution in [0.15, 0.2) is 42.5 Å². The lowest BCUT2D eigenvalue weighted by molar-refractivity contribution is -0.121. The number of anilines is 2. The maximum atomic E-state index is 12.7. The number of fused-ring (bicyclic) bond motifs is 1. The molecule has 176 valence electrons. The summed E-state index contributed by atoms with van der Waals surface area (Å²) >= 11 is 0. The molecule has 9 nitrogen and oxygen atoms in total. The van der Waals surface area contributed by atoms with E-state index in [1.54, 1.807) is 37.3 Å². The molecule has 0 atom stereocenters. The molecule has 0 saturated carbocycles. The van der Waals surface area contributed by atoms with Crippen molar-refractivity contribution in [2.24, 2.45) is 0 Å². The standard InChI is InChI=1S/C23H26N2O7S/c1-3-11-25-18-12-16(9-10-21(18)32-13-23(25)28)19(26)14-33(29,30)15-22(27)24-17-7-5-6-8-20(17)31-4-2/h5-10,12H,3-4,11,13-15H2,1-2H3,(H,24,27). The van der Waals surface area contributed by atoms with E-state index in [1.165, 1.54) is 17.0 Å². The highest BCUT2D eigenvalue weighted by Gasteiger charge is 2.27. The third-order valence-corrected chi connectivity index (χ3v) is 6.24. The zero-order valence-corrected chi connectivity index (χ0v) is 19.3. The SMILES string of the molecule is CCCN1C(=O)COc2ccc(C(=O)CS(=O)(=O)CC(=O)Nc3ccccc3OCC)cc21. The second-order valence-electron chi connectivity index (χ2n) is 7.45. The molecule has 0 fully saturated rings. The molecule has 1 heterocycles. The first-order valence-electron chi connectivity index (χ1n) is 10.6. The van der Waals surface area contributed by atoms with Crippen molar-refractivity contribution in [3.8, 4) is 11.5 Å². The number of ketones is 1. The number of amides is 2. The molecule has 0 radical (unpaired) electrons. The molecule has 0 aromatic heterocycles. The lowest BCUT2D eigenvalue weighted by Gasteiger charge is -2.29. The number of nitrogens with zero attached hydrogens (tertiary/aromatic N) is 1. The minimum atomic E-state index is -4.04. The summed E-state index contributed by atoms with van der Waals surface area (Å²) < 4.78 is 35.9. The molecule has 33 heavy (non-hydrogen) atoms. The number of Topliss-reactive ketones (excluding diaryl/α,β-unsaturated/α-hetero) is 1. The maximum Gasteiger partial charge on any atom is 0.265 e. The van der Waals surface area contributed by atoms with Crippen LogP contribution in [0.4, 0.5) is 11.4 Å². The van der Waals surface area contributed by atoms with Crippen molar-refractivity contribution < 1.29 is 32.3 Å². The van der Waals surface area contributed by atoms with Gasteiger partial charge in [-0.3, -0.25) is 14.4 Å². The van der Waals surface area contributed by atoms with Crippen molar-refractivity contribution in [1.29, 1.82) is 0 Å². The molecule has 0 unspecified atom stereocenters. The van der Waals surface area contributed by atoms with E-state index >= 15 is 0 Å². The first-order chi connectivity index (χ1) is 15.7. The number of para-hydroxylation sites is 2. The maximum absolute atomic E-state index is 12.7. The van der Waals surface area contributed by atoms with Gasteiger partial charge in [-0.1, -0.05) is 19.1 Å². The number of ether oxygens (including phenoxy) is 2. The molecule has 2 aromatic carbocycles. The number of carbonyl (C=O) groups excluding carboxylic acids is 3. The molecule has 0 bridgehead atoms. The highest BCUT2D eigenvalue weighted by Crippen LogP contribution is 2.33. The predicted molar refractivity (Wildman–Crippen MR) is 124 cm³/mol. The predicted octanol–water partition coefficient (Wildman–Crippen LogP) is 2.46. The van der Waals surface area contributed by atoms with Crippen LogP contribution in [0.3, 0.4) is 0 Å². The average Bonchev–Trinajstić information content (AvgIpc) is 2.76. The van der Waals surface area contributed by atoms with Gasteiger partial charge in [0.05, 0.1) is 18.0 Å². The number of rotatable bonds is 10. The van der Waals surface area contributed by atoms with Crippen LogP contribution in [0.5, 0.6) is 11.5 Å². The van der Waals surface area contributed by atoms with Gasteiger partial charge in [0.15, 0.2) is 22.2 Å². The molecular formula is C23H26N2O7S. The van der Waals surface area contributed by atoms with Gasteiger partial charge in [-0.2, -0.15) is 0 Å². The van der Waals surface area contributed by atoms with Crippen LogP contribution in [0.25, 0.3) is 0 Å². The molecule has 2 aromatic rings. The van der Waals surface area contributed by atoms with Gasteiger partial charge in [-0.25, -0.2) is 8.42 Å². The summed E-state index contributed by atoms with van der Waals surface area (Å²) in [5.41, 5.74) is 0.904. The van der Waals surface area contributed by atoms with E-state index in [0.717, 1.165) is 0 Å². The Morgan fingerprint density at radius 3 is 2.61 bits per heavy atom. The largest absolute Gasteiger partial charge is 0.492 e. The number of carbonyl (C=O) groups is 3. The smallest absolute Gasteiger partial charge is 0.265 e. The summed E-state index contributed by atoms with van der Waals surface area (Å²) in [5, 5.41) is 2.51. The summed E-state index contributed by atoms with van der Waals surface area (Å²) in [6.45, 7) is 4.46. The molecule has 10 heteroatoms. The van der Waals surface area contributed by atoms with E-state index in [0.29, 0.717) is 42.4 Å². The monoisotopic (exact) mass is 474 g/mol. The third kappa shape index (κ3) is 6.10. The molecule has 0 saturated heterocycles. The van der Waals surface area contributed by atoms with Crippen molar-refractivity contribution in [2.45, 2.75) is 20.3 Å². The van der Waals surface area contributed by atoms with Crippen LogP contribution in [-0.2, 0) is 19.4 Å². The van der Waals surface area contributed by atoms with Gasteiger partial charge in [0.2, 0.25) is 5.91 Å². The zero-order valence-electron chi connectivity index (χ0n) is 18.5. The fourth-order valence-corrected chi connectivity index (χ4v) is 4.56. The van der Waals surface area contributed by atoms with Crippen LogP contribution in [0.1, 0.15) is 30.6 Å². The summed E-state index contributed by atoms with van der Waals surface area (Å²) in [7, 11) is -4.04. The van der Waals surface area contributed by atoms with Crippen molar-refractivity contribution in [1.82, 2.24) is 0 Å². The summed E-state index contributed by atoms with van der Waals surface area (Å²) in [4.78, 5) is 38.7. The minimum absolute atomic E-state index is 0.0871. The first-order valence-corrected chi connectivity index (χ1v) is 12.4. The molecule has 0 spiro atoms. The normalized spacial score (nSPS) is 13.2. The van der Waals surface area contributed by atoms with Crippen molar-refractivity contribution >= 4 is 38.8 Å². The molecular weight excluding hydrogens is 448 g/mol. The van der Waals surface area contributed by atoms with Crippen LogP contribution in [0.2, 0.25) is 0 Å². The molecule has 1 N–H and O–H groups in total. The Morgan fingerprint density at radius 1 is 1.12 bits per heavy atom. The summed E-state index contributed by atoms with van der Waals surface area (Å²) in [5.74, 6) is -2.49. The van der Waals surface area contributed by atoms with E-state index in [4.69, 9.17) is 9.47 Å². The quantitative estimate of drug-likeness (QED) is 0.525. The molecule has 3 rings (SSSR count). The van der Waals surface area contributed by atoms with E-state index in [9.17, 15) is 22.8 Å². The Balaban J connectivity index is 1.70. The van der Waals surface area contributed by atoms with Crippen molar-refractivity contribution in [3.05, 3.63) is 48.0 Å². The Kier molecular flexibility index (Phi) is 7.70. The third-order valence-electron chi connectivity index (χ3n) is 4.83. The van der Waals surface area contributed by atoms with Gasteiger partial charge in [0, 0.05) is 12.1 Å². The van der Waals surface area contributed by atoms with Crippen LogP contribution < -0.4 is 19.7 Å². The van der Waals surface area contributed by atoms with E-state index in [2.05, 4.69) is 5.32 Å². The highest BCUT2D eigenvalue weighted by atomic mass is 32.2. The highest BCUT2D eigenvalue weighted by molar-refractivity contribution is 7.92. The number of hydrogen-bond donors (Lipinski definition) is 1. The van der Waals surface area contributed by atoms with E-state index in [1.807, 2.05) is 6.92 Å². The van der Waals surface area contributed by atoms with Gasteiger partial charge in [0.25, 0.3) is 5.91 Å². The van der Waals surface area contributed by atoms with Gasteiger partial charge in [-0.15, -0.1) is 0 Å². The van der Waals surface area contributed by atoms with E-state index in [-0.39, 0.29) is 18.1 Å². The summed E-state index contributed by atoms with van der Waals surface area (Å²) in [6.07, 6.45) is 0.708. The number of benzene rings is 2. The Hall–Kier alpha value is -3.40. The van der Waals surface area contributed by atoms with Crippen molar-refractivity contribution in [3.63, 3.8) is 0 Å². The molecule has 1 aliphatic heterocycles. The lowest BCUT2D eigenvalue weighted by atomic mass is 10.1. The molecule has 0 aliphatic carbocycles. The lowest BCUT2D eigenvalue weighted by Crippen LogP contribution is -2.39. The van der Waals surface area contributed by atoms with E-state index < -0.39 is 33.0 Å². The van der Waals surface area contributed by atoms with Gasteiger partial charge < -0.3 is 19.7 Å². The number of nitrogens with one attached hydrogen (secondary N) is 1. The zero-order chi connectivity index (χ0) is 24.0. The van der Waals surface area contributed by atoms with Gasteiger partial charge in [-0.05, 0) is 43.7 Å². The number of hydrogen-bond acceptors (Lipinski definition) is 7. The molecule has 2 amide bonds. The Labute approximate surface area is 192 Å². The summed E-state index contributed by atoms with van der Waals surface area (Å²) in [6, 6.07) is 11.1. The van der Waals surface area contributed by atoms with Gasteiger partial charge in [0.1, 0.15) is 23.0 Å². The fraction of sp³-hybridized carbons (Fsp3) is 0.348.